The van der Waals surface area contributed by atoms with Crippen LogP contribution in [0.5, 0.6) is 0 Å². The van der Waals surface area contributed by atoms with Crippen LogP contribution in [0.2, 0.25) is 0 Å². The second kappa shape index (κ2) is 5.81. The van der Waals surface area contributed by atoms with Gasteiger partial charge in [-0.15, -0.1) is 0 Å². The van der Waals surface area contributed by atoms with Crippen LogP contribution in [0.1, 0.15) is 26.3 Å². The highest BCUT2D eigenvalue weighted by atomic mass is 19.1. The van der Waals surface area contributed by atoms with Gasteiger partial charge in [-0.2, -0.15) is 0 Å². The molecule has 1 atom stereocenters. The van der Waals surface area contributed by atoms with Crippen LogP contribution in [0, 0.1) is 11.6 Å². The molecule has 0 saturated carbocycles. The minimum Gasteiger partial charge on any atom is -0.444 e. The quantitative estimate of drug-likeness (QED) is 0.864. The lowest BCUT2D eigenvalue weighted by Gasteiger charge is -2.39. The molecule has 0 aromatic heterocycles. The van der Waals surface area contributed by atoms with E-state index in [-0.39, 0.29) is 25.3 Å². The van der Waals surface area contributed by atoms with E-state index in [1.807, 2.05) is 0 Å². The second-order valence-corrected chi connectivity index (χ2v) is 6.16. The lowest BCUT2D eigenvalue weighted by atomic mass is 10.0. The van der Waals surface area contributed by atoms with E-state index in [2.05, 4.69) is 0 Å². The van der Waals surface area contributed by atoms with E-state index in [0.717, 1.165) is 12.1 Å². The Morgan fingerprint density at radius 2 is 2.09 bits per heavy atom. The van der Waals surface area contributed by atoms with Gasteiger partial charge in [0.25, 0.3) is 0 Å². The number of halogens is 2. The number of hydrogen-bond acceptors (Lipinski definition) is 4. The van der Waals surface area contributed by atoms with Crippen molar-refractivity contribution in [2.24, 2.45) is 0 Å². The lowest BCUT2D eigenvalue weighted by molar-refractivity contribution is -0.245. The van der Waals surface area contributed by atoms with Gasteiger partial charge in [-0.3, -0.25) is 0 Å². The van der Waals surface area contributed by atoms with E-state index in [1.54, 1.807) is 20.8 Å². The van der Waals surface area contributed by atoms with Crippen molar-refractivity contribution in [3.05, 3.63) is 35.4 Å². The van der Waals surface area contributed by atoms with Gasteiger partial charge in [-0.05, 0) is 32.9 Å². The molecule has 1 fully saturated rings. The average Bonchev–Trinajstić information content (AvgIpc) is 2.36. The van der Waals surface area contributed by atoms with Gasteiger partial charge in [0.15, 0.2) is 0 Å². The van der Waals surface area contributed by atoms with Gasteiger partial charge in [0.05, 0.1) is 13.2 Å². The summed E-state index contributed by atoms with van der Waals surface area (Å²) >= 11 is 0. The highest BCUT2D eigenvalue weighted by Crippen LogP contribution is 2.30. The number of carbonyl (C=O) groups is 1. The molecule has 1 heterocycles. The highest BCUT2D eigenvalue weighted by molar-refractivity contribution is 5.68. The highest BCUT2D eigenvalue weighted by Gasteiger charge is 2.41. The third-order valence-corrected chi connectivity index (χ3v) is 3.11. The summed E-state index contributed by atoms with van der Waals surface area (Å²) in [6, 6.07) is 2.78. The number of rotatable bonds is 1. The molecule has 1 N–H and O–H groups in total. The molecule has 0 radical (unpaired) electrons. The normalized spacial score (nSPS) is 22.5. The maximum atomic E-state index is 13.9. The number of nitrogens with zero attached hydrogens (tertiary/aromatic N) is 1. The molecule has 5 nitrogen and oxygen atoms in total. The molecule has 1 aliphatic heterocycles. The molecule has 2 rings (SSSR count). The fourth-order valence-corrected chi connectivity index (χ4v) is 2.16. The molecule has 1 amide bonds. The molecule has 0 bridgehead atoms. The fraction of sp³-hybridized carbons (Fsp3) is 0.533. The Morgan fingerprint density at radius 3 is 2.68 bits per heavy atom. The summed E-state index contributed by atoms with van der Waals surface area (Å²) in [6.45, 7) is 5.07. The summed E-state index contributed by atoms with van der Waals surface area (Å²) in [6.07, 6.45) is -0.628. The first-order chi connectivity index (χ1) is 10.1. The van der Waals surface area contributed by atoms with Crippen LogP contribution in [-0.2, 0) is 15.3 Å². The van der Waals surface area contributed by atoms with E-state index >= 15 is 0 Å². The van der Waals surface area contributed by atoms with Gasteiger partial charge >= 0.3 is 6.09 Å². The van der Waals surface area contributed by atoms with E-state index in [1.165, 1.54) is 4.90 Å². The number of ether oxygens (including phenoxy) is 2. The van der Waals surface area contributed by atoms with Crippen molar-refractivity contribution in [2.45, 2.75) is 32.2 Å². The Bertz CT molecular complexity index is 573. The molecule has 1 saturated heterocycles. The third kappa shape index (κ3) is 3.72. The van der Waals surface area contributed by atoms with Crippen LogP contribution in [0.3, 0.4) is 0 Å². The molecule has 122 valence electrons. The van der Waals surface area contributed by atoms with Gasteiger partial charge in [0.1, 0.15) is 17.2 Å². The maximum Gasteiger partial charge on any atom is 0.410 e. The summed E-state index contributed by atoms with van der Waals surface area (Å²) in [4.78, 5) is 13.3. The van der Waals surface area contributed by atoms with Crippen molar-refractivity contribution in [3.8, 4) is 0 Å². The Balaban J connectivity index is 2.20. The number of β-amino-alcohol motifs (C(OH)–C–C–N with tert-alkyl or cyclic N) is 1. The first kappa shape index (κ1) is 16.6. The zero-order valence-corrected chi connectivity index (χ0v) is 12.7. The Morgan fingerprint density at radius 1 is 1.41 bits per heavy atom. The standard InChI is InChI=1S/C15H19F2NO4/c1-14(2,3)22-13(19)18-6-7-21-15(20,9-18)11-5-4-10(16)8-12(11)17/h4-5,8,20H,6-7,9H2,1-3H3. The van der Waals surface area contributed by atoms with Crippen molar-refractivity contribution in [1.82, 2.24) is 4.90 Å². The van der Waals surface area contributed by atoms with Crippen LogP contribution in [0.25, 0.3) is 0 Å². The summed E-state index contributed by atoms with van der Waals surface area (Å²) < 4.78 is 37.3. The topological polar surface area (TPSA) is 59.0 Å². The molecular weight excluding hydrogens is 296 g/mol. The fourth-order valence-electron chi connectivity index (χ4n) is 2.16. The molecule has 0 aliphatic carbocycles. The third-order valence-electron chi connectivity index (χ3n) is 3.11. The monoisotopic (exact) mass is 315 g/mol. The first-order valence-electron chi connectivity index (χ1n) is 6.90. The summed E-state index contributed by atoms with van der Waals surface area (Å²) in [5, 5.41) is 10.5. The molecule has 22 heavy (non-hydrogen) atoms. The summed E-state index contributed by atoms with van der Waals surface area (Å²) in [5.74, 6) is -3.73. The van der Waals surface area contributed by atoms with Crippen molar-refractivity contribution < 1.29 is 28.2 Å². The number of hydrogen-bond donors (Lipinski definition) is 1. The minimum absolute atomic E-state index is 0.00651. The van der Waals surface area contributed by atoms with Crippen LogP contribution >= 0.6 is 0 Å². The largest absolute Gasteiger partial charge is 0.444 e. The number of aliphatic hydroxyl groups is 1. The minimum atomic E-state index is -2.03. The Hall–Kier alpha value is -1.73. The molecule has 0 spiro atoms. The molecule has 1 aromatic carbocycles. The maximum absolute atomic E-state index is 13.9. The molecule has 1 unspecified atom stereocenters. The molecule has 7 heteroatoms. The number of benzene rings is 1. The first-order valence-corrected chi connectivity index (χ1v) is 6.90. The van der Waals surface area contributed by atoms with E-state index in [4.69, 9.17) is 9.47 Å². The Labute approximate surface area is 127 Å². The number of morpholine rings is 1. The van der Waals surface area contributed by atoms with Crippen LogP contribution in [0.15, 0.2) is 18.2 Å². The number of amides is 1. The zero-order valence-electron chi connectivity index (χ0n) is 12.7. The van der Waals surface area contributed by atoms with E-state index in [9.17, 15) is 18.7 Å². The SMILES string of the molecule is CC(C)(C)OC(=O)N1CCOC(O)(c2ccc(F)cc2F)C1. The summed E-state index contributed by atoms with van der Waals surface area (Å²) in [5.41, 5.74) is -0.906. The molecular formula is C15H19F2NO4. The van der Waals surface area contributed by atoms with E-state index in [0.29, 0.717) is 6.07 Å². The average molecular weight is 315 g/mol. The molecule has 1 aliphatic rings. The number of carbonyl (C=O) groups excluding carboxylic acids is 1. The van der Waals surface area contributed by atoms with Crippen molar-refractivity contribution in [2.75, 3.05) is 19.7 Å². The Kier molecular flexibility index (Phi) is 4.39. The predicted molar refractivity (Wildman–Crippen MR) is 74.0 cm³/mol. The smallest absolute Gasteiger partial charge is 0.410 e. The van der Waals surface area contributed by atoms with Gasteiger partial charge < -0.3 is 19.5 Å². The van der Waals surface area contributed by atoms with Crippen molar-refractivity contribution >= 4 is 6.09 Å². The van der Waals surface area contributed by atoms with Gasteiger partial charge in [-0.25, -0.2) is 13.6 Å². The summed E-state index contributed by atoms with van der Waals surface area (Å²) in [7, 11) is 0. The second-order valence-electron chi connectivity index (χ2n) is 6.16. The van der Waals surface area contributed by atoms with Crippen molar-refractivity contribution in [1.29, 1.82) is 0 Å². The van der Waals surface area contributed by atoms with Crippen LogP contribution in [0.4, 0.5) is 13.6 Å². The van der Waals surface area contributed by atoms with Crippen molar-refractivity contribution in [3.63, 3.8) is 0 Å². The van der Waals surface area contributed by atoms with Gasteiger partial charge in [0, 0.05) is 18.2 Å². The molecule has 1 aromatic rings. The van der Waals surface area contributed by atoms with Crippen LogP contribution in [-0.4, -0.2) is 41.4 Å². The van der Waals surface area contributed by atoms with Gasteiger partial charge in [-0.1, -0.05) is 0 Å². The van der Waals surface area contributed by atoms with Crippen LogP contribution < -0.4 is 0 Å². The zero-order chi connectivity index (χ0) is 16.5. The lowest BCUT2D eigenvalue weighted by Crippen LogP contribution is -2.53. The van der Waals surface area contributed by atoms with E-state index < -0.39 is 29.1 Å². The van der Waals surface area contributed by atoms with Gasteiger partial charge in [0.2, 0.25) is 5.79 Å². The predicted octanol–water partition coefficient (Wildman–Crippen LogP) is 2.38.